The van der Waals surface area contributed by atoms with Crippen LogP contribution in [0, 0.1) is 17.7 Å². The van der Waals surface area contributed by atoms with E-state index in [-0.39, 0.29) is 32.7 Å². The van der Waals surface area contributed by atoms with Crippen LogP contribution in [-0.2, 0) is 32.7 Å². The maximum absolute atomic E-state index is 5.87. The molecule has 56 valence electrons. The fourth-order valence-corrected chi connectivity index (χ4v) is 1.94. The Hall–Kier alpha value is 1.17. The molecule has 0 amide bonds. The molecule has 2 unspecified atom stereocenters. The summed E-state index contributed by atoms with van der Waals surface area (Å²) in [7, 11) is 5.87. The standard InChI is InChI=1S/C9H16B.Y/c1-3-4-8-5-7(2)6-9(8)10;/h7-8H,3-6H2,1-2H3;/q-1;+3. The van der Waals surface area contributed by atoms with Crippen molar-refractivity contribution in [2.75, 3.05) is 0 Å². The molecule has 1 rings (SSSR count). The molecule has 2 radical (unpaired) electrons. The Balaban J connectivity index is 0.000001000. The van der Waals surface area contributed by atoms with E-state index in [4.69, 9.17) is 7.85 Å². The average molecular weight is 224 g/mol. The maximum atomic E-state index is 5.87. The van der Waals surface area contributed by atoms with Crippen LogP contribution < -0.4 is 0 Å². The van der Waals surface area contributed by atoms with Gasteiger partial charge >= 0.3 is 32.7 Å². The molecule has 1 fully saturated rings. The molecule has 0 nitrogen and oxygen atoms in total. The van der Waals surface area contributed by atoms with Gasteiger partial charge in [-0.1, -0.05) is 39.0 Å². The van der Waals surface area contributed by atoms with Crippen molar-refractivity contribution in [2.24, 2.45) is 11.8 Å². The molecule has 0 saturated heterocycles. The molecule has 0 aromatic carbocycles. The molecule has 0 aliphatic heterocycles. The summed E-state index contributed by atoms with van der Waals surface area (Å²) in [5, 5.41) is 0. The molecule has 0 aromatic rings. The summed E-state index contributed by atoms with van der Waals surface area (Å²) in [6, 6.07) is 0. The number of rotatable bonds is 2. The Morgan fingerprint density at radius 3 is 2.55 bits per heavy atom. The van der Waals surface area contributed by atoms with E-state index < -0.39 is 0 Å². The van der Waals surface area contributed by atoms with Crippen LogP contribution in [0.1, 0.15) is 39.5 Å². The van der Waals surface area contributed by atoms with Crippen molar-refractivity contribution < 1.29 is 32.7 Å². The quantitative estimate of drug-likeness (QED) is 0.499. The van der Waals surface area contributed by atoms with Crippen molar-refractivity contribution in [3.8, 4) is 0 Å². The molecular weight excluding hydrogens is 208 g/mol. The van der Waals surface area contributed by atoms with Gasteiger partial charge in [0.05, 0.1) is 0 Å². The van der Waals surface area contributed by atoms with Gasteiger partial charge in [0.1, 0.15) is 0 Å². The van der Waals surface area contributed by atoms with Gasteiger partial charge in [-0.2, -0.15) is 20.2 Å². The van der Waals surface area contributed by atoms with Gasteiger partial charge in [-0.3, -0.25) is 0 Å². The molecule has 1 aliphatic rings. The molecule has 0 bridgehead atoms. The zero-order chi connectivity index (χ0) is 7.56. The second-order valence-corrected chi connectivity index (χ2v) is 3.61. The molecule has 1 aliphatic carbocycles. The van der Waals surface area contributed by atoms with Gasteiger partial charge in [0.25, 0.3) is 0 Å². The molecule has 2 atom stereocenters. The van der Waals surface area contributed by atoms with E-state index in [0.717, 1.165) is 11.8 Å². The van der Waals surface area contributed by atoms with E-state index >= 15 is 0 Å². The van der Waals surface area contributed by atoms with Crippen molar-refractivity contribution >= 4 is 7.85 Å². The van der Waals surface area contributed by atoms with Crippen LogP contribution in [0.3, 0.4) is 0 Å². The minimum Gasteiger partial charge on any atom is -0.349 e. The first kappa shape index (κ1) is 12.2. The van der Waals surface area contributed by atoms with Crippen LogP contribution in [0.5, 0.6) is 0 Å². The van der Waals surface area contributed by atoms with E-state index in [0.29, 0.717) is 0 Å². The van der Waals surface area contributed by atoms with Crippen molar-refractivity contribution in [2.45, 2.75) is 39.5 Å². The van der Waals surface area contributed by atoms with Crippen LogP contribution in [0.25, 0.3) is 0 Å². The summed E-state index contributed by atoms with van der Waals surface area (Å²) in [6.45, 7) is 4.53. The summed E-state index contributed by atoms with van der Waals surface area (Å²) in [4.78, 5) is 0. The predicted molar refractivity (Wildman–Crippen MR) is 45.8 cm³/mol. The number of hydrogen-bond acceptors (Lipinski definition) is 0. The van der Waals surface area contributed by atoms with E-state index in [1.54, 1.807) is 0 Å². The molecule has 0 N–H and O–H groups in total. The predicted octanol–water partition coefficient (Wildman–Crippen LogP) is 2.53. The SMILES string of the molecule is [B][C-]1CC(C)CC1CCC.[Y+3]. The summed E-state index contributed by atoms with van der Waals surface area (Å²) in [6.07, 6.45) is 5.08. The molecule has 0 aromatic heterocycles. The normalized spacial score (nSPS) is 31.8. The van der Waals surface area contributed by atoms with Gasteiger partial charge < -0.3 is 5.82 Å². The topological polar surface area (TPSA) is 0 Å². The smallest absolute Gasteiger partial charge is 0.349 e. The summed E-state index contributed by atoms with van der Waals surface area (Å²) >= 11 is 0. The second-order valence-electron chi connectivity index (χ2n) is 3.61. The Kier molecular flexibility index (Phi) is 6.36. The van der Waals surface area contributed by atoms with E-state index in [9.17, 15) is 0 Å². The van der Waals surface area contributed by atoms with E-state index in [1.165, 1.54) is 31.5 Å². The van der Waals surface area contributed by atoms with Crippen molar-refractivity contribution in [3.05, 3.63) is 5.82 Å². The van der Waals surface area contributed by atoms with Crippen LogP contribution in [0.2, 0.25) is 0 Å². The third kappa shape index (κ3) is 3.59. The Bertz CT molecular complexity index is 106. The maximum Gasteiger partial charge on any atom is 3.00 e. The van der Waals surface area contributed by atoms with Gasteiger partial charge in [0.2, 0.25) is 0 Å². The van der Waals surface area contributed by atoms with E-state index in [2.05, 4.69) is 13.8 Å². The van der Waals surface area contributed by atoms with E-state index in [1.807, 2.05) is 0 Å². The fraction of sp³-hybridized carbons (Fsp3) is 0.889. The first-order valence-corrected chi connectivity index (χ1v) is 4.35. The zero-order valence-corrected chi connectivity index (χ0v) is 10.5. The molecule has 0 spiro atoms. The van der Waals surface area contributed by atoms with Gasteiger partial charge in [-0.05, 0) is 0 Å². The Morgan fingerprint density at radius 2 is 2.18 bits per heavy atom. The van der Waals surface area contributed by atoms with Crippen molar-refractivity contribution in [1.82, 2.24) is 0 Å². The average Bonchev–Trinajstić information content (AvgIpc) is 2.13. The third-order valence-electron chi connectivity index (χ3n) is 2.43. The van der Waals surface area contributed by atoms with Crippen LogP contribution in [0.15, 0.2) is 0 Å². The minimum atomic E-state index is 0. The third-order valence-corrected chi connectivity index (χ3v) is 2.43. The monoisotopic (exact) mass is 224 g/mol. The largest absolute Gasteiger partial charge is 3.00 e. The van der Waals surface area contributed by atoms with Crippen molar-refractivity contribution in [1.29, 1.82) is 0 Å². The number of hydrogen-bond donors (Lipinski definition) is 0. The minimum absolute atomic E-state index is 0. The first-order chi connectivity index (χ1) is 4.74. The van der Waals surface area contributed by atoms with Crippen LogP contribution in [0.4, 0.5) is 0 Å². The molecule has 2 heteroatoms. The molecule has 1 saturated carbocycles. The molecular formula is C9H16BY+2. The van der Waals surface area contributed by atoms with Gasteiger partial charge in [0.15, 0.2) is 0 Å². The summed E-state index contributed by atoms with van der Waals surface area (Å²) in [5.41, 5.74) is 0. The van der Waals surface area contributed by atoms with Gasteiger partial charge in [0, 0.05) is 0 Å². The van der Waals surface area contributed by atoms with Crippen LogP contribution >= 0.6 is 0 Å². The first-order valence-electron chi connectivity index (χ1n) is 4.35. The zero-order valence-electron chi connectivity index (χ0n) is 7.64. The molecule has 0 heterocycles. The second kappa shape index (κ2) is 5.75. The van der Waals surface area contributed by atoms with Crippen molar-refractivity contribution in [3.63, 3.8) is 0 Å². The Labute approximate surface area is 97.2 Å². The van der Waals surface area contributed by atoms with Gasteiger partial charge in [-0.25, -0.2) is 0 Å². The van der Waals surface area contributed by atoms with Crippen LogP contribution in [-0.4, -0.2) is 7.85 Å². The molecule has 11 heavy (non-hydrogen) atoms. The Morgan fingerprint density at radius 1 is 1.55 bits per heavy atom. The van der Waals surface area contributed by atoms with Gasteiger partial charge in [-0.15, -0.1) is 0 Å². The fourth-order valence-electron chi connectivity index (χ4n) is 1.94. The summed E-state index contributed by atoms with van der Waals surface area (Å²) in [5.74, 6) is 2.85. The summed E-state index contributed by atoms with van der Waals surface area (Å²) < 4.78 is 0.